The van der Waals surface area contributed by atoms with Gasteiger partial charge in [0.2, 0.25) is 5.91 Å². The molecule has 0 fully saturated rings. The van der Waals surface area contributed by atoms with Crippen LogP contribution in [-0.2, 0) is 4.79 Å². The minimum Gasteiger partial charge on any atom is -0.360 e. The van der Waals surface area contributed by atoms with Crippen molar-refractivity contribution < 1.29 is 9.59 Å². The summed E-state index contributed by atoms with van der Waals surface area (Å²) in [5, 5.41) is 4.89. The first-order chi connectivity index (χ1) is 10.1. The molecule has 0 heterocycles. The Morgan fingerprint density at radius 1 is 1.29 bits per heavy atom. The lowest BCUT2D eigenvalue weighted by Crippen LogP contribution is -2.50. The van der Waals surface area contributed by atoms with Gasteiger partial charge in [-0.1, -0.05) is 18.2 Å². The van der Waals surface area contributed by atoms with Crippen molar-refractivity contribution in [3.05, 3.63) is 30.3 Å². The van der Waals surface area contributed by atoms with Crippen LogP contribution in [0.5, 0.6) is 0 Å². The fourth-order valence-corrected chi connectivity index (χ4v) is 1.99. The number of nitrogens with zero attached hydrogens (tertiary/aromatic N) is 1. The van der Waals surface area contributed by atoms with E-state index in [9.17, 15) is 9.59 Å². The number of hydrogen-bond donors (Lipinski definition) is 3. The highest BCUT2D eigenvalue weighted by atomic mass is 16.2. The maximum Gasteiger partial charge on any atom is 0.321 e. The number of nitrogens with one attached hydrogen (secondary N) is 2. The molecule has 116 valence electrons. The van der Waals surface area contributed by atoms with Gasteiger partial charge >= 0.3 is 6.03 Å². The molecular formula is C15H24N4O2. The van der Waals surface area contributed by atoms with E-state index in [1.165, 1.54) is 0 Å². The predicted octanol–water partition coefficient (Wildman–Crippen LogP) is 1.08. The van der Waals surface area contributed by atoms with Crippen LogP contribution in [0.1, 0.15) is 20.3 Å². The molecule has 0 saturated heterocycles. The number of carbonyl (C=O) groups is 2. The lowest BCUT2D eigenvalue weighted by atomic mass is 10.2. The number of rotatable bonds is 7. The normalized spacial score (nSPS) is 11.6. The average molecular weight is 292 g/mol. The third-order valence-corrected chi connectivity index (χ3v) is 3.11. The van der Waals surface area contributed by atoms with Gasteiger partial charge in [-0.3, -0.25) is 10.1 Å². The summed E-state index contributed by atoms with van der Waals surface area (Å²) in [6.07, 6.45) is 0.771. The molecule has 6 nitrogen and oxygen atoms in total. The number of imide groups is 1. The zero-order valence-corrected chi connectivity index (χ0v) is 12.6. The van der Waals surface area contributed by atoms with Gasteiger partial charge in [-0.05, 0) is 38.9 Å². The molecule has 1 aromatic carbocycles. The van der Waals surface area contributed by atoms with Crippen LogP contribution in [0.15, 0.2) is 30.3 Å². The minimum absolute atomic E-state index is 0.332. The van der Waals surface area contributed by atoms with Gasteiger partial charge in [0.05, 0.1) is 0 Å². The molecule has 0 aliphatic carbocycles. The molecule has 0 spiro atoms. The Labute approximate surface area is 125 Å². The Balaban J connectivity index is 2.77. The summed E-state index contributed by atoms with van der Waals surface area (Å²) in [6, 6.07) is 8.70. The van der Waals surface area contributed by atoms with Gasteiger partial charge in [0.1, 0.15) is 6.04 Å². The SMILES string of the molecule is CCNC(=O)NC(=O)C(C)N(CCCN)c1ccccc1. The third-order valence-electron chi connectivity index (χ3n) is 3.11. The number of carbonyl (C=O) groups excluding carboxylic acids is 2. The Morgan fingerprint density at radius 3 is 2.52 bits per heavy atom. The number of amides is 3. The topological polar surface area (TPSA) is 87.5 Å². The largest absolute Gasteiger partial charge is 0.360 e. The molecule has 3 amide bonds. The maximum atomic E-state index is 12.2. The van der Waals surface area contributed by atoms with Gasteiger partial charge in [0, 0.05) is 18.8 Å². The molecule has 0 aliphatic rings. The molecule has 0 bridgehead atoms. The molecule has 1 aromatic rings. The molecule has 21 heavy (non-hydrogen) atoms. The predicted molar refractivity (Wildman–Crippen MR) is 84.1 cm³/mol. The molecule has 4 N–H and O–H groups in total. The second-order valence-corrected chi connectivity index (χ2v) is 4.70. The van der Waals surface area contributed by atoms with Crippen LogP contribution in [0.2, 0.25) is 0 Å². The Kier molecular flexibility index (Phi) is 7.25. The first-order valence-corrected chi connectivity index (χ1v) is 7.20. The van der Waals surface area contributed by atoms with Gasteiger partial charge in [-0.2, -0.15) is 0 Å². The van der Waals surface area contributed by atoms with E-state index in [0.29, 0.717) is 19.6 Å². The first kappa shape index (κ1) is 17.0. The smallest absolute Gasteiger partial charge is 0.321 e. The van der Waals surface area contributed by atoms with E-state index in [4.69, 9.17) is 5.73 Å². The summed E-state index contributed by atoms with van der Waals surface area (Å²) in [5.41, 5.74) is 6.49. The van der Waals surface area contributed by atoms with Crippen LogP contribution < -0.4 is 21.3 Å². The lowest BCUT2D eigenvalue weighted by molar-refractivity contribution is -0.121. The summed E-state index contributed by atoms with van der Waals surface area (Å²) in [4.78, 5) is 25.6. The minimum atomic E-state index is -0.471. The maximum absolute atomic E-state index is 12.2. The van der Waals surface area contributed by atoms with Crippen molar-refractivity contribution in [1.29, 1.82) is 0 Å². The van der Waals surface area contributed by atoms with Crippen molar-refractivity contribution in [1.82, 2.24) is 10.6 Å². The van der Waals surface area contributed by atoms with Crippen LogP contribution in [0.4, 0.5) is 10.5 Å². The third kappa shape index (κ3) is 5.43. The number of para-hydroxylation sites is 1. The summed E-state index contributed by atoms with van der Waals surface area (Å²) in [6.45, 7) is 5.25. The molecule has 1 unspecified atom stereocenters. The van der Waals surface area contributed by atoms with E-state index in [1.807, 2.05) is 35.2 Å². The molecule has 0 saturated carbocycles. The van der Waals surface area contributed by atoms with Gasteiger partial charge in [0.15, 0.2) is 0 Å². The van der Waals surface area contributed by atoms with Crippen molar-refractivity contribution >= 4 is 17.6 Å². The van der Waals surface area contributed by atoms with Crippen LogP contribution in [-0.4, -0.2) is 37.6 Å². The van der Waals surface area contributed by atoms with Crippen LogP contribution in [0.3, 0.4) is 0 Å². The van der Waals surface area contributed by atoms with Crippen molar-refractivity contribution in [2.24, 2.45) is 5.73 Å². The summed E-state index contributed by atoms with van der Waals surface area (Å²) < 4.78 is 0. The van der Waals surface area contributed by atoms with Crippen molar-refractivity contribution in [3.63, 3.8) is 0 Å². The fourth-order valence-electron chi connectivity index (χ4n) is 1.99. The summed E-state index contributed by atoms with van der Waals surface area (Å²) >= 11 is 0. The van der Waals surface area contributed by atoms with Crippen molar-refractivity contribution in [3.8, 4) is 0 Å². The highest BCUT2D eigenvalue weighted by molar-refractivity contribution is 5.98. The van der Waals surface area contributed by atoms with Crippen LogP contribution in [0.25, 0.3) is 0 Å². The van der Waals surface area contributed by atoms with Gasteiger partial charge in [-0.25, -0.2) is 4.79 Å². The molecule has 1 rings (SSSR count). The molecular weight excluding hydrogens is 268 g/mol. The van der Waals surface area contributed by atoms with E-state index >= 15 is 0 Å². The second kappa shape index (κ2) is 8.97. The van der Waals surface area contributed by atoms with E-state index in [-0.39, 0.29) is 5.91 Å². The zero-order valence-electron chi connectivity index (χ0n) is 12.6. The van der Waals surface area contributed by atoms with E-state index < -0.39 is 12.1 Å². The highest BCUT2D eigenvalue weighted by Gasteiger charge is 2.22. The zero-order chi connectivity index (χ0) is 15.7. The Hall–Kier alpha value is -2.08. The number of hydrogen-bond acceptors (Lipinski definition) is 4. The molecule has 0 aromatic heterocycles. The second-order valence-electron chi connectivity index (χ2n) is 4.70. The van der Waals surface area contributed by atoms with E-state index in [0.717, 1.165) is 12.1 Å². The van der Waals surface area contributed by atoms with E-state index in [2.05, 4.69) is 10.6 Å². The molecule has 0 radical (unpaired) electrons. The first-order valence-electron chi connectivity index (χ1n) is 7.20. The quantitative estimate of drug-likeness (QED) is 0.701. The molecule has 1 atom stereocenters. The van der Waals surface area contributed by atoms with Gasteiger partial charge < -0.3 is 16.0 Å². The van der Waals surface area contributed by atoms with Gasteiger partial charge in [0.25, 0.3) is 0 Å². The average Bonchev–Trinajstić information content (AvgIpc) is 2.48. The Morgan fingerprint density at radius 2 is 1.95 bits per heavy atom. The summed E-state index contributed by atoms with van der Waals surface area (Å²) in [7, 11) is 0. The van der Waals surface area contributed by atoms with E-state index in [1.54, 1.807) is 13.8 Å². The molecule has 0 aliphatic heterocycles. The Bertz CT molecular complexity index is 450. The van der Waals surface area contributed by atoms with Gasteiger partial charge in [-0.15, -0.1) is 0 Å². The van der Waals surface area contributed by atoms with Crippen molar-refractivity contribution in [2.75, 3.05) is 24.5 Å². The fraction of sp³-hybridized carbons (Fsp3) is 0.467. The standard InChI is InChI=1S/C15H24N4O2/c1-3-17-15(21)18-14(20)12(2)19(11-7-10-16)13-8-5-4-6-9-13/h4-6,8-9,12H,3,7,10-11,16H2,1-2H3,(H2,17,18,20,21). The van der Waals surface area contributed by atoms with Crippen molar-refractivity contribution in [2.45, 2.75) is 26.3 Å². The molecule has 6 heteroatoms. The summed E-state index contributed by atoms with van der Waals surface area (Å²) in [5.74, 6) is -0.332. The number of nitrogens with two attached hydrogens (primary N) is 1. The number of benzene rings is 1. The van der Waals surface area contributed by atoms with Crippen LogP contribution in [0, 0.1) is 0 Å². The number of anilines is 1. The number of urea groups is 1. The van der Waals surface area contributed by atoms with Crippen LogP contribution >= 0.6 is 0 Å². The monoisotopic (exact) mass is 292 g/mol. The highest BCUT2D eigenvalue weighted by Crippen LogP contribution is 2.16. The lowest BCUT2D eigenvalue weighted by Gasteiger charge is -2.30.